The zero-order chi connectivity index (χ0) is 13.1. The fourth-order valence-electron chi connectivity index (χ4n) is 2.38. The highest BCUT2D eigenvalue weighted by Crippen LogP contribution is 2.22. The highest BCUT2D eigenvalue weighted by molar-refractivity contribution is 6.31. The molecule has 1 saturated heterocycles. The molecule has 1 fully saturated rings. The summed E-state index contributed by atoms with van der Waals surface area (Å²) in [6.07, 6.45) is 1.04. The molecule has 1 aromatic carbocycles. The van der Waals surface area contributed by atoms with Gasteiger partial charge in [0.15, 0.2) is 0 Å². The Balaban J connectivity index is 2.04. The normalized spacial score (nSPS) is 24.8. The van der Waals surface area contributed by atoms with E-state index in [1.165, 1.54) is 0 Å². The van der Waals surface area contributed by atoms with Crippen molar-refractivity contribution in [3.05, 3.63) is 34.3 Å². The summed E-state index contributed by atoms with van der Waals surface area (Å²) < 4.78 is 0. The highest BCUT2D eigenvalue weighted by Gasteiger charge is 2.23. The average Bonchev–Trinajstić information content (AvgIpc) is 2.36. The van der Waals surface area contributed by atoms with Crippen LogP contribution in [0.3, 0.4) is 0 Å². The third-order valence-electron chi connectivity index (χ3n) is 3.63. The Bertz CT molecular complexity index is 467. The number of rotatable bonds is 2. The van der Waals surface area contributed by atoms with Gasteiger partial charge < -0.3 is 5.73 Å². The fourth-order valence-corrected chi connectivity index (χ4v) is 2.62. The van der Waals surface area contributed by atoms with Crippen LogP contribution >= 0.6 is 11.6 Å². The highest BCUT2D eigenvalue weighted by atomic mass is 35.5. The van der Waals surface area contributed by atoms with Crippen LogP contribution in [0.2, 0.25) is 5.02 Å². The number of nitriles is 1. The van der Waals surface area contributed by atoms with Crippen molar-refractivity contribution in [3.8, 4) is 6.07 Å². The first-order chi connectivity index (χ1) is 8.60. The maximum Gasteiger partial charge on any atom is 0.0992 e. The molecule has 0 spiro atoms. The number of nitrogens with two attached hydrogens (primary N) is 1. The van der Waals surface area contributed by atoms with Crippen molar-refractivity contribution >= 4 is 11.6 Å². The molecule has 0 amide bonds. The monoisotopic (exact) mass is 263 g/mol. The van der Waals surface area contributed by atoms with Crippen LogP contribution in [0.25, 0.3) is 0 Å². The van der Waals surface area contributed by atoms with E-state index in [0.717, 1.165) is 31.6 Å². The van der Waals surface area contributed by atoms with E-state index in [4.69, 9.17) is 22.6 Å². The molecule has 1 aliphatic heterocycles. The van der Waals surface area contributed by atoms with Crippen LogP contribution in [0.4, 0.5) is 0 Å². The summed E-state index contributed by atoms with van der Waals surface area (Å²) >= 11 is 6.19. The van der Waals surface area contributed by atoms with Crippen LogP contribution in [-0.2, 0) is 6.54 Å². The lowest BCUT2D eigenvalue weighted by Gasteiger charge is -2.35. The first kappa shape index (κ1) is 13.4. The van der Waals surface area contributed by atoms with Crippen molar-refractivity contribution in [2.45, 2.75) is 25.9 Å². The Labute approximate surface area is 113 Å². The number of piperidine rings is 1. The lowest BCUT2D eigenvalue weighted by atomic mass is 9.94. The molecule has 2 rings (SSSR count). The van der Waals surface area contributed by atoms with E-state index in [1.54, 1.807) is 6.07 Å². The molecule has 0 saturated carbocycles. The minimum absolute atomic E-state index is 0.317. The molecule has 96 valence electrons. The molecule has 2 unspecified atom stereocenters. The zero-order valence-electron chi connectivity index (χ0n) is 10.6. The van der Waals surface area contributed by atoms with E-state index in [2.05, 4.69) is 17.9 Å². The minimum Gasteiger partial charge on any atom is -0.327 e. The molecule has 2 atom stereocenters. The Morgan fingerprint density at radius 2 is 2.33 bits per heavy atom. The molecule has 4 heteroatoms. The summed E-state index contributed by atoms with van der Waals surface area (Å²) in [6.45, 7) is 5.05. The predicted octanol–water partition coefficient (Wildman–Crippen LogP) is 2.38. The largest absolute Gasteiger partial charge is 0.327 e. The van der Waals surface area contributed by atoms with Gasteiger partial charge in [-0.2, -0.15) is 5.26 Å². The Morgan fingerprint density at radius 1 is 1.56 bits per heavy atom. The Kier molecular flexibility index (Phi) is 4.23. The van der Waals surface area contributed by atoms with Crippen LogP contribution in [-0.4, -0.2) is 24.0 Å². The minimum atomic E-state index is 0.317. The topological polar surface area (TPSA) is 53.0 Å². The van der Waals surface area contributed by atoms with Crippen LogP contribution in [0.1, 0.15) is 24.5 Å². The number of halogens is 1. The molecule has 0 aromatic heterocycles. The zero-order valence-corrected chi connectivity index (χ0v) is 11.3. The van der Waals surface area contributed by atoms with Gasteiger partial charge in [-0.3, -0.25) is 4.90 Å². The van der Waals surface area contributed by atoms with Gasteiger partial charge in [0, 0.05) is 24.2 Å². The number of hydrogen-bond acceptors (Lipinski definition) is 3. The molecule has 3 nitrogen and oxygen atoms in total. The molecule has 1 heterocycles. The van der Waals surface area contributed by atoms with Crippen molar-refractivity contribution in [1.29, 1.82) is 5.26 Å². The van der Waals surface area contributed by atoms with Crippen molar-refractivity contribution in [2.75, 3.05) is 13.1 Å². The van der Waals surface area contributed by atoms with Crippen molar-refractivity contribution in [3.63, 3.8) is 0 Å². The van der Waals surface area contributed by atoms with E-state index < -0.39 is 0 Å². The van der Waals surface area contributed by atoms with E-state index >= 15 is 0 Å². The number of benzene rings is 1. The SMILES string of the molecule is CC1CN(Cc2ccc(C#N)cc2Cl)CCC1N. The number of hydrogen-bond donors (Lipinski definition) is 1. The summed E-state index contributed by atoms with van der Waals surface area (Å²) in [7, 11) is 0. The van der Waals surface area contributed by atoms with E-state index in [9.17, 15) is 0 Å². The van der Waals surface area contributed by atoms with Gasteiger partial charge in [0.05, 0.1) is 11.6 Å². The molecule has 0 bridgehead atoms. The van der Waals surface area contributed by atoms with Crippen LogP contribution in [0.5, 0.6) is 0 Å². The van der Waals surface area contributed by atoms with Crippen LogP contribution < -0.4 is 5.73 Å². The van der Waals surface area contributed by atoms with Crippen molar-refractivity contribution in [1.82, 2.24) is 4.90 Å². The smallest absolute Gasteiger partial charge is 0.0992 e. The molecule has 0 aliphatic carbocycles. The Hall–Kier alpha value is -1.08. The van der Waals surface area contributed by atoms with Gasteiger partial charge in [0.2, 0.25) is 0 Å². The quantitative estimate of drug-likeness (QED) is 0.891. The number of nitrogens with zero attached hydrogens (tertiary/aromatic N) is 2. The third-order valence-corrected chi connectivity index (χ3v) is 3.98. The first-order valence-corrected chi connectivity index (χ1v) is 6.64. The van der Waals surface area contributed by atoms with Gasteiger partial charge in [0.1, 0.15) is 0 Å². The van der Waals surface area contributed by atoms with Crippen molar-refractivity contribution in [2.24, 2.45) is 11.7 Å². The third kappa shape index (κ3) is 3.02. The molecular weight excluding hydrogens is 246 g/mol. The maximum atomic E-state index is 8.81. The second kappa shape index (κ2) is 5.71. The molecule has 2 N–H and O–H groups in total. The standard InChI is InChI=1S/C14H18ClN3/c1-10-8-18(5-4-14(10)17)9-12-3-2-11(7-16)6-13(12)15/h2-3,6,10,14H,4-5,8-9,17H2,1H3. The second-order valence-corrected chi connectivity index (χ2v) is 5.49. The summed E-state index contributed by atoms with van der Waals surface area (Å²) in [4.78, 5) is 2.38. The number of likely N-dealkylation sites (tertiary alicyclic amines) is 1. The van der Waals surface area contributed by atoms with E-state index in [0.29, 0.717) is 22.5 Å². The van der Waals surface area contributed by atoms with Crippen molar-refractivity contribution < 1.29 is 0 Å². The lowest BCUT2D eigenvalue weighted by molar-refractivity contribution is 0.158. The van der Waals surface area contributed by atoms with Gasteiger partial charge in [-0.05, 0) is 36.6 Å². The average molecular weight is 264 g/mol. The molecular formula is C14H18ClN3. The lowest BCUT2D eigenvalue weighted by Crippen LogP contribution is -2.45. The summed E-state index contributed by atoms with van der Waals surface area (Å²) in [5, 5.41) is 9.48. The predicted molar refractivity (Wildman–Crippen MR) is 73.2 cm³/mol. The van der Waals surface area contributed by atoms with Crippen LogP contribution in [0.15, 0.2) is 18.2 Å². The summed E-state index contributed by atoms with van der Waals surface area (Å²) in [6, 6.07) is 7.91. The first-order valence-electron chi connectivity index (χ1n) is 6.26. The van der Waals surface area contributed by atoms with Gasteiger partial charge >= 0.3 is 0 Å². The maximum absolute atomic E-state index is 8.81. The van der Waals surface area contributed by atoms with E-state index in [1.807, 2.05) is 12.1 Å². The van der Waals surface area contributed by atoms with Gasteiger partial charge in [-0.25, -0.2) is 0 Å². The summed E-state index contributed by atoms with van der Waals surface area (Å²) in [5.74, 6) is 0.524. The van der Waals surface area contributed by atoms with Gasteiger partial charge in [-0.15, -0.1) is 0 Å². The molecule has 18 heavy (non-hydrogen) atoms. The van der Waals surface area contributed by atoms with Crippen LogP contribution in [0, 0.1) is 17.2 Å². The van der Waals surface area contributed by atoms with Gasteiger partial charge in [-0.1, -0.05) is 24.6 Å². The van der Waals surface area contributed by atoms with E-state index in [-0.39, 0.29) is 0 Å². The van der Waals surface area contributed by atoms with Gasteiger partial charge in [0.25, 0.3) is 0 Å². The summed E-state index contributed by atoms with van der Waals surface area (Å²) in [5.41, 5.74) is 7.70. The molecule has 0 radical (unpaired) electrons. The second-order valence-electron chi connectivity index (χ2n) is 5.08. The fraction of sp³-hybridized carbons (Fsp3) is 0.500. The molecule has 1 aliphatic rings. The molecule has 1 aromatic rings. The Morgan fingerprint density at radius 3 is 2.94 bits per heavy atom.